The minimum Gasteiger partial charge on any atom is -0.373 e. The molecule has 1 fully saturated rings. The number of aryl methyl sites for hydroxylation is 1. The predicted molar refractivity (Wildman–Crippen MR) is 77.4 cm³/mol. The molecule has 1 aliphatic heterocycles. The van der Waals surface area contributed by atoms with Gasteiger partial charge in [0, 0.05) is 36.8 Å². The van der Waals surface area contributed by atoms with Crippen LogP contribution in [0.15, 0.2) is 24.5 Å². The van der Waals surface area contributed by atoms with Gasteiger partial charge in [-0.25, -0.2) is 0 Å². The molecule has 0 unspecified atom stereocenters. The van der Waals surface area contributed by atoms with Crippen molar-refractivity contribution >= 4 is 5.91 Å². The third kappa shape index (κ3) is 2.71. The molecule has 0 bridgehead atoms. The monoisotopic (exact) mass is 288 g/mol. The summed E-state index contributed by atoms with van der Waals surface area (Å²) in [6.45, 7) is 3.12. The molecule has 1 amide bonds. The molecule has 0 saturated carbocycles. The second-order valence-corrected chi connectivity index (χ2v) is 5.41. The number of nitrogens with one attached hydrogen (secondary N) is 2. The van der Waals surface area contributed by atoms with Gasteiger partial charge >= 0.3 is 0 Å². The van der Waals surface area contributed by atoms with Gasteiger partial charge in [0.1, 0.15) is 0 Å². The third-order valence-electron chi connectivity index (χ3n) is 4.12. The molecule has 0 radical (unpaired) electrons. The largest absolute Gasteiger partial charge is 0.373 e. The lowest BCUT2D eigenvalue weighted by Crippen LogP contribution is -2.32. The quantitative estimate of drug-likeness (QED) is 0.894. The number of rotatable bonds is 4. The summed E-state index contributed by atoms with van der Waals surface area (Å²) < 4.78 is 7.59. The van der Waals surface area contributed by atoms with Crippen LogP contribution in [-0.4, -0.2) is 27.3 Å². The van der Waals surface area contributed by atoms with E-state index in [1.165, 1.54) is 0 Å². The van der Waals surface area contributed by atoms with E-state index in [0.29, 0.717) is 13.2 Å². The molecule has 6 heteroatoms. The number of hydrogen-bond donors (Lipinski definition) is 2. The van der Waals surface area contributed by atoms with E-state index in [2.05, 4.69) is 15.4 Å². The van der Waals surface area contributed by atoms with Crippen LogP contribution in [0.3, 0.4) is 0 Å². The molecule has 2 N–H and O–H groups in total. The normalized spacial score (nSPS) is 21.6. The second kappa shape index (κ2) is 5.73. The SMILES string of the molecule is Cc1c([C@H]2OCC[C@@H]2C(=O)NCc2ccc[nH]2)cnn1C. The number of ether oxygens (including phenoxy) is 1. The highest BCUT2D eigenvalue weighted by Crippen LogP contribution is 2.36. The fourth-order valence-electron chi connectivity index (χ4n) is 2.75. The van der Waals surface area contributed by atoms with Crippen molar-refractivity contribution in [2.45, 2.75) is 26.0 Å². The van der Waals surface area contributed by atoms with Crippen molar-refractivity contribution in [3.05, 3.63) is 41.5 Å². The summed E-state index contributed by atoms with van der Waals surface area (Å²) in [5.74, 6) is -0.113. The highest BCUT2D eigenvalue weighted by atomic mass is 16.5. The minimum absolute atomic E-state index is 0.0374. The first-order valence-electron chi connectivity index (χ1n) is 7.17. The number of carbonyl (C=O) groups excluding carboxylic acids is 1. The Morgan fingerprint density at radius 2 is 2.48 bits per heavy atom. The fraction of sp³-hybridized carbons (Fsp3) is 0.467. The lowest BCUT2D eigenvalue weighted by atomic mass is 9.95. The Bertz CT molecular complexity index is 618. The first-order chi connectivity index (χ1) is 10.2. The van der Waals surface area contributed by atoms with Gasteiger partial charge in [0.15, 0.2) is 0 Å². The Labute approximate surface area is 123 Å². The summed E-state index contributed by atoms with van der Waals surface area (Å²) in [7, 11) is 1.90. The van der Waals surface area contributed by atoms with Crippen molar-refractivity contribution in [3.8, 4) is 0 Å². The summed E-state index contributed by atoms with van der Waals surface area (Å²) in [4.78, 5) is 15.5. The molecular weight excluding hydrogens is 268 g/mol. The fourth-order valence-corrected chi connectivity index (χ4v) is 2.75. The molecule has 0 spiro atoms. The van der Waals surface area contributed by atoms with Crippen molar-refractivity contribution in [1.29, 1.82) is 0 Å². The van der Waals surface area contributed by atoms with Crippen LogP contribution in [0.5, 0.6) is 0 Å². The van der Waals surface area contributed by atoms with Crippen LogP contribution in [0.4, 0.5) is 0 Å². The first-order valence-corrected chi connectivity index (χ1v) is 7.17. The number of nitrogens with zero attached hydrogens (tertiary/aromatic N) is 2. The van der Waals surface area contributed by atoms with Crippen molar-refractivity contribution in [1.82, 2.24) is 20.1 Å². The highest BCUT2D eigenvalue weighted by molar-refractivity contribution is 5.79. The maximum Gasteiger partial charge on any atom is 0.226 e. The molecule has 112 valence electrons. The van der Waals surface area contributed by atoms with E-state index in [0.717, 1.165) is 23.4 Å². The number of H-pyrrole nitrogens is 1. The minimum atomic E-state index is -0.192. The van der Waals surface area contributed by atoms with Crippen LogP contribution in [0, 0.1) is 12.8 Å². The zero-order chi connectivity index (χ0) is 14.8. The van der Waals surface area contributed by atoms with Crippen molar-refractivity contribution in [2.75, 3.05) is 6.61 Å². The first kappa shape index (κ1) is 13.9. The number of hydrogen-bond acceptors (Lipinski definition) is 3. The Morgan fingerprint density at radius 3 is 3.14 bits per heavy atom. The topological polar surface area (TPSA) is 71.9 Å². The molecule has 21 heavy (non-hydrogen) atoms. The maximum absolute atomic E-state index is 12.4. The van der Waals surface area contributed by atoms with Crippen LogP contribution in [-0.2, 0) is 23.1 Å². The lowest BCUT2D eigenvalue weighted by Gasteiger charge is -2.18. The number of aromatic amines is 1. The standard InChI is InChI=1S/C15H20N4O2/c1-10-13(9-18-19(10)2)14-12(5-7-21-14)15(20)17-8-11-4-3-6-16-11/h3-4,6,9,12,14,16H,5,7-8H2,1-2H3,(H,17,20)/t12-,14-/m0/s1. The van der Waals surface area contributed by atoms with Gasteiger partial charge in [0.25, 0.3) is 0 Å². The van der Waals surface area contributed by atoms with Gasteiger partial charge in [-0.2, -0.15) is 5.10 Å². The smallest absolute Gasteiger partial charge is 0.226 e. The van der Waals surface area contributed by atoms with E-state index >= 15 is 0 Å². The van der Waals surface area contributed by atoms with E-state index in [9.17, 15) is 4.79 Å². The van der Waals surface area contributed by atoms with Gasteiger partial charge in [-0.05, 0) is 25.5 Å². The Balaban J connectivity index is 1.68. The van der Waals surface area contributed by atoms with Crippen molar-refractivity contribution in [3.63, 3.8) is 0 Å². The van der Waals surface area contributed by atoms with Gasteiger partial charge in [-0.1, -0.05) is 0 Å². The van der Waals surface area contributed by atoms with Gasteiger partial charge in [0.05, 0.1) is 24.8 Å². The van der Waals surface area contributed by atoms with Gasteiger partial charge in [-0.15, -0.1) is 0 Å². The molecule has 6 nitrogen and oxygen atoms in total. The predicted octanol–water partition coefficient (Wildman–Crippen LogP) is 1.45. The van der Waals surface area contributed by atoms with Crippen LogP contribution >= 0.6 is 0 Å². The summed E-state index contributed by atoms with van der Waals surface area (Å²) in [6.07, 6.45) is 4.20. The number of aromatic nitrogens is 3. The molecule has 3 heterocycles. The molecular formula is C15H20N4O2. The van der Waals surface area contributed by atoms with E-state index in [-0.39, 0.29) is 17.9 Å². The molecule has 0 aromatic carbocycles. The van der Waals surface area contributed by atoms with Gasteiger partial charge < -0.3 is 15.0 Å². The Morgan fingerprint density at radius 1 is 1.62 bits per heavy atom. The van der Waals surface area contributed by atoms with Gasteiger partial charge in [-0.3, -0.25) is 9.48 Å². The van der Waals surface area contributed by atoms with Crippen LogP contribution in [0.2, 0.25) is 0 Å². The summed E-state index contributed by atoms with van der Waals surface area (Å²) in [6, 6.07) is 3.87. The molecule has 2 aromatic heterocycles. The Kier molecular flexibility index (Phi) is 3.79. The molecule has 1 aliphatic rings. The zero-order valence-corrected chi connectivity index (χ0v) is 12.3. The van der Waals surface area contributed by atoms with E-state index in [1.807, 2.05) is 37.0 Å². The summed E-state index contributed by atoms with van der Waals surface area (Å²) in [5, 5.41) is 7.22. The third-order valence-corrected chi connectivity index (χ3v) is 4.12. The average molecular weight is 288 g/mol. The van der Waals surface area contributed by atoms with Crippen LogP contribution < -0.4 is 5.32 Å². The van der Waals surface area contributed by atoms with Crippen molar-refractivity contribution < 1.29 is 9.53 Å². The molecule has 1 saturated heterocycles. The highest BCUT2D eigenvalue weighted by Gasteiger charge is 2.36. The summed E-state index contributed by atoms with van der Waals surface area (Å²) >= 11 is 0. The maximum atomic E-state index is 12.4. The van der Waals surface area contributed by atoms with Crippen molar-refractivity contribution in [2.24, 2.45) is 13.0 Å². The van der Waals surface area contributed by atoms with E-state index in [1.54, 1.807) is 6.20 Å². The molecule has 3 rings (SSSR count). The number of carbonyl (C=O) groups is 1. The summed E-state index contributed by atoms with van der Waals surface area (Å²) in [5.41, 5.74) is 3.05. The lowest BCUT2D eigenvalue weighted by molar-refractivity contribution is -0.127. The molecule has 2 atom stereocenters. The zero-order valence-electron chi connectivity index (χ0n) is 12.3. The van der Waals surface area contributed by atoms with E-state index in [4.69, 9.17) is 4.74 Å². The van der Waals surface area contributed by atoms with Crippen LogP contribution in [0.1, 0.15) is 29.5 Å². The number of amides is 1. The molecule has 2 aromatic rings. The van der Waals surface area contributed by atoms with Crippen LogP contribution in [0.25, 0.3) is 0 Å². The van der Waals surface area contributed by atoms with E-state index < -0.39 is 0 Å². The second-order valence-electron chi connectivity index (χ2n) is 5.41. The average Bonchev–Trinajstić information content (AvgIpc) is 3.19. The van der Waals surface area contributed by atoms with Gasteiger partial charge in [0.2, 0.25) is 5.91 Å². The molecule has 0 aliphatic carbocycles. The Hall–Kier alpha value is -2.08.